The monoisotopic (exact) mass is 237 g/mol. The van der Waals surface area contributed by atoms with Crippen LogP contribution in [0.2, 0.25) is 0 Å². The molecule has 1 unspecified atom stereocenters. The zero-order chi connectivity index (χ0) is 12.6. The molecule has 1 fully saturated rings. The number of likely N-dealkylation sites (tertiary alicyclic amines) is 1. The van der Waals surface area contributed by atoms with Crippen molar-refractivity contribution in [3.8, 4) is 0 Å². The Morgan fingerprint density at radius 3 is 2.71 bits per heavy atom. The van der Waals surface area contributed by atoms with E-state index in [0.29, 0.717) is 29.9 Å². The summed E-state index contributed by atoms with van der Waals surface area (Å²) in [7, 11) is 0. The highest BCUT2D eigenvalue weighted by atomic mass is 16.4. The molecule has 0 bridgehead atoms. The third-order valence-electron chi connectivity index (χ3n) is 3.14. The number of aliphatic carboxylic acids is 1. The van der Waals surface area contributed by atoms with Crippen molar-refractivity contribution in [2.45, 2.75) is 32.7 Å². The van der Waals surface area contributed by atoms with E-state index in [9.17, 15) is 9.59 Å². The van der Waals surface area contributed by atoms with Crippen LogP contribution in [0.3, 0.4) is 0 Å². The first-order valence-electron chi connectivity index (χ1n) is 5.57. The van der Waals surface area contributed by atoms with Gasteiger partial charge in [0.15, 0.2) is 0 Å². The third kappa shape index (κ3) is 1.90. The summed E-state index contributed by atoms with van der Waals surface area (Å²) >= 11 is 0. The summed E-state index contributed by atoms with van der Waals surface area (Å²) in [5.74, 6) is -1.17. The van der Waals surface area contributed by atoms with Crippen LogP contribution in [0, 0.1) is 13.8 Å². The molecule has 0 saturated carbocycles. The summed E-state index contributed by atoms with van der Waals surface area (Å²) in [6.07, 6.45) is 1.26. The van der Waals surface area contributed by atoms with Crippen molar-refractivity contribution in [3.63, 3.8) is 0 Å². The van der Waals surface area contributed by atoms with Gasteiger partial charge in [-0.05, 0) is 26.7 Å². The topological polar surface area (TPSA) is 86.3 Å². The quantitative estimate of drug-likeness (QED) is 0.793. The molecule has 92 valence electrons. The lowest BCUT2D eigenvalue weighted by Crippen LogP contribution is -2.40. The number of hydrogen-bond donors (Lipinski definition) is 2. The molecule has 2 heterocycles. The molecule has 6 nitrogen and oxygen atoms in total. The van der Waals surface area contributed by atoms with Crippen LogP contribution >= 0.6 is 0 Å². The molecule has 1 aromatic rings. The number of carboxylic acids is 1. The first-order chi connectivity index (χ1) is 8.02. The highest BCUT2D eigenvalue weighted by Gasteiger charge is 2.35. The number of amides is 1. The van der Waals surface area contributed by atoms with Crippen LogP contribution in [0.25, 0.3) is 0 Å². The molecule has 1 aliphatic heterocycles. The number of aromatic amines is 1. The number of nitrogens with one attached hydrogen (secondary N) is 1. The number of carboxylic acid groups (broad SMARTS) is 1. The molecule has 0 spiro atoms. The first kappa shape index (κ1) is 11.6. The minimum Gasteiger partial charge on any atom is -0.480 e. The van der Waals surface area contributed by atoms with E-state index in [2.05, 4.69) is 10.2 Å². The summed E-state index contributed by atoms with van der Waals surface area (Å²) in [5, 5.41) is 15.8. The number of aryl methyl sites for hydroxylation is 2. The number of hydrogen-bond acceptors (Lipinski definition) is 3. The van der Waals surface area contributed by atoms with Crippen molar-refractivity contribution in [3.05, 3.63) is 17.0 Å². The van der Waals surface area contributed by atoms with Crippen LogP contribution in [-0.2, 0) is 4.79 Å². The van der Waals surface area contributed by atoms with Gasteiger partial charge in [-0.3, -0.25) is 9.89 Å². The largest absolute Gasteiger partial charge is 0.480 e. The maximum Gasteiger partial charge on any atom is 0.326 e. The van der Waals surface area contributed by atoms with Gasteiger partial charge in [0.25, 0.3) is 5.91 Å². The number of H-pyrrole nitrogens is 1. The van der Waals surface area contributed by atoms with Crippen molar-refractivity contribution in [2.75, 3.05) is 6.54 Å². The smallest absolute Gasteiger partial charge is 0.326 e. The second-order valence-corrected chi connectivity index (χ2v) is 4.30. The summed E-state index contributed by atoms with van der Waals surface area (Å²) in [6, 6.07) is -0.698. The fourth-order valence-electron chi connectivity index (χ4n) is 2.28. The Bertz CT molecular complexity index is 447. The molecule has 2 N–H and O–H groups in total. The lowest BCUT2D eigenvalue weighted by Gasteiger charge is -2.21. The summed E-state index contributed by atoms with van der Waals surface area (Å²) < 4.78 is 0. The van der Waals surface area contributed by atoms with Crippen molar-refractivity contribution < 1.29 is 14.7 Å². The predicted molar refractivity (Wildman–Crippen MR) is 59.8 cm³/mol. The van der Waals surface area contributed by atoms with E-state index in [1.54, 1.807) is 13.8 Å². The standard InChI is InChI=1S/C11H15N3O3/c1-6-9(7(2)13-12-6)10(15)14-5-3-4-8(14)11(16)17/h8H,3-5H2,1-2H3,(H,12,13)(H,16,17). The number of carbonyl (C=O) groups excluding carboxylic acids is 1. The van der Waals surface area contributed by atoms with E-state index in [0.717, 1.165) is 6.42 Å². The maximum atomic E-state index is 12.3. The van der Waals surface area contributed by atoms with Gasteiger partial charge in [-0.25, -0.2) is 4.79 Å². The number of carbonyl (C=O) groups is 2. The summed E-state index contributed by atoms with van der Waals surface area (Å²) in [5.41, 5.74) is 1.80. The molecular formula is C11H15N3O3. The summed E-state index contributed by atoms with van der Waals surface area (Å²) in [6.45, 7) is 4.00. The van der Waals surface area contributed by atoms with Crippen LogP contribution in [-0.4, -0.2) is 44.7 Å². The van der Waals surface area contributed by atoms with Crippen molar-refractivity contribution in [2.24, 2.45) is 0 Å². The van der Waals surface area contributed by atoms with Gasteiger partial charge >= 0.3 is 5.97 Å². The van der Waals surface area contributed by atoms with Crippen molar-refractivity contribution >= 4 is 11.9 Å². The predicted octanol–water partition coefficient (Wildman–Crippen LogP) is 0.716. The number of rotatable bonds is 2. The van der Waals surface area contributed by atoms with E-state index in [-0.39, 0.29) is 5.91 Å². The van der Waals surface area contributed by atoms with Crippen LogP contribution < -0.4 is 0 Å². The molecule has 1 saturated heterocycles. The van der Waals surface area contributed by atoms with Crippen LogP contribution in [0.5, 0.6) is 0 Å². The van der Waals surface area contributed by atoms with Gasteiger partial charge in [0.2, 0.25) is 0 Å². The minimum absolute atomic E-state index is 0.237. The second kappa shape index (κ2) is 4.20. The average Bonchev–Trinajstić information content (AvgIpc) is 2.85. The first-order valence-corrected chi connectivity index (χ1v) is 5.57. The molecule has 1 aromatic heterocycles. The summed E-state index contributed by atoms with van der Waals surface area (Å²) in [4.78, 5) is 24.7. The van der Waals surface area contributed by atoms with E-state index < -0.39 is 12.0 Å². The molecule has 0 aromatic carbocycles. The van der Waals surface area contributed by atoms with Gasteiger partial charge in [-0.2, -0.15) is 5.10 Å². The van der Waals surface area contributed by atoms with E-state index in [4.69, 9.17) is 5.11 Å². The Hall–Kier alpha value is -1.85. The lowest BCUT2D eigenvalue weighted by atomic mass is 10.1. The van der Waals surface area contributed by atoms with Crippen molar-refractivity contribution in [1.82, 2.24) is 15.1 Å². The van der Waals surface area contributed by atoms with Crippen LogP contribution in [0.15, 0.2) is 0 Å². The molecule has 1 amide bonds. The van der Waals surface area contributed by atoms with E-state index in [1.807, 2.05) is 0 Å². The zero-order valence-electron chi connectivity index (χ0n) is 9.86. The van der Waals surface area contributed by atoms with Gasteiger partial charge in [0.1, 0.15) is 6.04 Å². The maximum absolute atomic E-state index is 12.3. The highest BCUT2D eigenvalue weighted by Crippen LogP contribution is 2.22. The Labute approximate surface area is 98.6 Å². The molecule has 2 rings (SSSR count). The highest BCUT2D eigenvalue weighted by molar-refractivity contribution is 5.98. The number of aromatic nitrogens is 2. The Kier molecular flexibility index (Phi) is 2.87. The van der Waals surface area contributed by atoms with Gasteiger partial charge in [-0.1, -0.05) is 0 Å². The van der Waals surface area contributed by atoms with Crippen molar-refractivity contribution in [1.29, 1.82) is 0 Å². The fraction of sp³-hybridized carbons (Fsp3) is 0.545. The molecule has 1 atom stereocenters. The Morgan fingerprint density at radius 1 is 1.47 bits per heavy atom. The molecule has 0 aliphatic carbocycles. The zero-order valence-corrected chi connectivity index (χ0v) is 9.86. The normalized spacial score (nSPS) is 19.6. The third-order valence-corrected chi connectivity index (χ3v) is 3.14. The Balaban J connectivity index is 2.29. The average molecular weight is 237 g/mol. The second-order valence-electron chi connectivity index (χ2n) is 4.30. The van der Waals surface area contributed by atoms with Crippen LogP contribution in [0.4, 0.5) is 0 Å². The SMILES string of the molecule is Cc1n[nH]c(C)c1C(=O)N1CCCC1C(=O)O. The molecule has 1 aliphatic rings. The van der Waals surface area contributed by atoms with Gasteiger partial charge in [0, 0.05) is 12.2 Å². The van der Waals surface area contributed by atoms with E-state index >= 15 is 0 Å². The number of nitrogens with zero attached hydrogens (tertiary/aromatic N) is 2. The lowest BCUT2D eigenvalue weighted by molar-refractivity contribution is -0.141. The van der Waals surface area contributed by atoms with Crippen LogP contribution in [0.1, 0.15) is 34.6 Å². The minimum atomic E-state index is -0.936. The Morgan fingerprint density at radius 2 is 2.18 bits per heavy atom. The molecule has 0 radical (unpaired) electrons. The van der Waals surface area contributed by atoms with Gasteiger partial charge in [-0.15, -0.1) is 0 Å². The van der Waals surface area contributed by atoms with Gasteiger partial charge in [0.05, 0.1) is 11.3 Å². The fourth-order valence-corrected chi connectivity index (χ4v) is 2.28. The molecule has 6 heteroatoms. The molecular weight excluding hydrogens is 222 g/mol. The molecule has 17 heavy (non-hydrogen) atoms. The van der Waals surface area contributed by atoms with E-state index in [1.165, 1.54) is 4.90 Å². The van der Waals surface area contributed by atoms with Gasteiger partial charge < -0.3 is 10.0 Å².